The van der Waals surface area contributed by atoms with E-state index in [4.69, 9.17) is 4.74 Å². The van der Waals surface area contributed by atoms with Gasteiger partial charge < -0.3 is 15.4 Å². The molecule has 1 saturated carbocycles. The van der Waals surface area contributed by atoms with Crippen molar-refractivity contribution < 1.29 is 13.9 Å². The second-order valence-electron chi connectivity index (χ2n) is 7.95. The zero-order valence-electron chi connectivity index (χ0n) is 16.8. The van der Waals surface area contributed by atoms with Gasteiger partial charge >= 0.3 is 0 Å². The van der Waals surface area contributed by atoms with Crippen LogP contribution in [0.25, 0.3) is 10.8 Å². The van der Waals surface area contributed by atoms with E-state index < -0.39 is 0 Å². The minimum atomic E-state index is -0.309. The van der Waals surface area contributed by atoms with Crippen molar-refractivity contribution in [3.63, 3.8) is 0 Å². The highest BCUT2D eigenvalue weighted by Gasteiger charge is 2.57. The normalized spacial score (nSPS) is 18.5. The smallest absolute Gasteiger partial charge is 0.228 e. The highest BCUT2D eigenvalue weighted by molar-refractivity contribution is 6.05. The first-order valence-corrected chi connectivity index (χ1v) is 9.96. The Kier molecular flexibility index (Phi) is 7.04. The number of hydrogen-bond acceptors (Lipinski definition) is 4. The van der Waals surface area contributed by atoms with Crippen LogP contribution in [0, 0.1) is 17.2 Å². The van der Waals surface area contributed by atoms with E-state index in [-0.39, 0.29) is 47.9 Å². The lowest BCUT2D eigenvalue weighted by Crippen LogP contribution is -2.31. The molecule has 1 aromatic heterocycles. The number of amides is 1. The van der Waals surface area contributed by atoms with E-state index in [9.17, 15) is 9.18 Å². The molecule has 1 amide bonds. The number of fused-ring (bicyclic) bond motifs is 1. The van der Waals surface area contributed by atoms with Crippen LogP contribution in [0.15, 0.2) is 54.9 Å². The van der Waals surface area contributed by atoms with Crippen molar-refractivity contribution in [1.82, 2.24) is 10.3 Å². The number of nitrogens with one attached hydrogen (secondary N) is 2. The fourth-order valence-electron chi connectivity index (χ4n) is 4.41. The van der Waals surface area contributed by atoms with Crippen molar-refractivity contribution in [2.24, 2.45) is 11.3 Å². The number of carbonyl (C=O) groups excluding carboxylic acids is 1. The number of halogens is 3. The molecule has 0 bridgehead atoms. The lowest BCUT2D eigenvalue weighted by Gasteiger charge is -2.23. The Balaban J connectivity index is 0.00000136. The lowest BCUT2D eigenvalue weighted by molar-refractivity contribution is -0.118. The van der Waals surface area contributed by atoms with Gasteiger partial charge in [0.2, 0.25) is 5.91 Å². The molecule has 0 radical (unpaired) electrons. The van der Waals surface area contributed by atoms with Gasteiger partial charge in [0, 0.05) is 29.1 Å². The van der Waals surface area contributed by atoms with Crippen LogP contribution < -0.4 is 15.4 Å². The van der Waals surface area contributed by atoms with E-state index in [0.717, 1.165) is 48.8 Å². The number of ether oxygens (including phenoxy) is 1. The van der Waals surface area contributed by atoms with Crippen molar-refractivity contribution in [1.29, 1.82) is 0 Å². The summed E-state index contributed by atoms with van der Waals surface area (Å²) in [5, 5.41) is 8.14. The van der Waals surface area contributed by atoms with Crippen LogP contribution in [0.1, 0.15) is 19.3 Å². The quantitative estimate of drug-likeness (QED) is 0.548. The van der Waals surface area contributed by atoms with Gasteiger partial charge in [0.1, 0.15) is 17.3 Å². The van der Waals surface area contributed by atoms with E-state index in [1.807, 2.05) is 18.2 Å². The van der Waals surface area contributed by atoms with Gasteiger partial charge in [-0.1, -0.05) is 0 Å². The summed E-state index contributed by atoms with van der Waals surface area (Å²) in [5.41, 5.74) is 0.926. The molecule has 164 valence electrons. The van der Waals surface area contributed by atoms with E-state index in [2.05, 4.69) is 15.6 Å². The molecule has 1 unspecified atom stereocenters. The van der Waals surface area contributed by atoms with Crippen molar-refractivity contribution in [3.05, 3.63) is 60.7 Å². The summed E-state index contributed by atoms with van der Waals surface area (Å²) in [6, 6.07) is 11.4. The van der Waals surface area contributed by atoms with Crippen LogP contribution in [-0.2, 0) is 4.79 Å². The molecule has 2 heterocycles. The average molecular weight is 464 g/mol. The third kappa shape index (κ3) is 4.61. The summed E-state index contributed by atoms with van der Waals surface area (Å²) in [4.78, 5) is 17.1. The van der Waals surface area contributed by atoms with Gasteiger partial charge in [-0.3, -0.25) is 9.78 Å². The Morgan fingerprint density at radius 1 is 1.06 bits per heavy atom. The van der Waals surface area contributed by atoms with Crippen LogP contribution >= 0.6 is 24.8 Å². The fourth-order valence-corrected chi connectivity index (χ4v) is 4.41. The zero-order chi connectivity index (χ0) is 19.8. The standard InChI is InChI=1S/C23H22FN3O2.2ClH/c24-15-1-3-16(4-2-15)29-21-6-5-20(18-14-26-10-7-17(18)21)27-22(28)19-13-23(19)8-11-25-12-9-23;;/h1-7,10,14,19,25H,8-9,11-13H2,(H,27,28);2*1H. The number of carbonyl (C=O) groups is 1. The molecule has 5 rings (SSSR count). The van der Waals surface area contributed by atoms with Gasteiger partial charge in [-0.05, 0) is 80.2 Å². The number of rotatable bonds is 4. The molecule has 1 spiro atoms. The summed E-state index contributed by atoms with van der Waals surface area (Å²) in [7, 11) is 0. The van der Waals surface area contributed by atoms with Gasteiger partial charge in [0.05, 0.1) is 5.69 Å². The Morgan fingerprint density at radius 3 is 2.55 bits per heavy atom. The third-order valence-corrected chi connectivity index (χ3v) is 6.18. The maximum atomic E-state index is 13.1. The molecule has 1 saturated heterocycles. The summed E-state index contributed by atoms with van der Waals surface area (Å²) in [5.74, 6) is 1.05. The average Bonchev–Trinajstić information content (AvgIpc) is 3.44. The van der Waals surface area contributed by atoms with E-state index >= 15 is 0 Å². The molecule has 2 fully saturated rings. The van der Waals surface area contributed by atoms with Crippen LogP contribution in [0.2, 0.25) is 0 Å². The molecule has 31 heavy (non-hydrogen) atoms. The van der Waals surface area contributed by atoms with Gasteiger partial charge in [-0.15, -0.1) is 24.8 Å². The van der Waals surface area contributed by atoms with Crippen LogP contribution in [-0.4, -0.2) is 24.0 Å². The Hall–Kier alpha value is -2.41. The molecule has 2 N–H and O–H groups in total. The second-order valence-corrected chi connectivity index (χ2v) is 7.95. The largest absolute Gasteiger partial charge is 0.457 e. The molecular formula is C23H24Cl2FN3O2. The predicted molar refractivity (Wildman–Crippen MR) is 124 cm³/mol. The zero-order valence-corrected chi connectivity index (χ0v) is 18.4. The lowest BCUT2D eigenvalue weighted by atomic mass is 9.91. The predicted octanol–water partition coefficient (Wildman–Crippen LogP) is 5.34. The third-order valence-electron chi connectivity index (χ3n) is 6.18. The van der Waals surface area contributed by atoms with Crippen LogP contribution in [0.3, 0.4) is 0 Å². The maximum Gasteiger partial charge on any atom is 0.228 e. The summed E-state index contributed by atoms with van der Waals surface area (Å²) >= 11 is 0. The number of anilines is 1. The summed E-state index contributed by atoms with van der Waals surface area (Å²) in [6.45, 7) is 1.98. The Morgan fingerprint density at radius 2 is 1.81 bits per heavy atom. The SMILES string of the molecule is Cl.Cl.O=C(Nc1ccc(Oc2ccc(F)cc2)c2ccncc12)C1CC12CCNCC2. The number of hydrogen-bond donors (Lipinski definition) is 2. The summed E-state index contributed by atoms with van der Waals surface area (Å²) in [6.07, 6.45) is 6.53. The van der Waals surface area contributed by atoms with Crippen molar-refractivity contribution in [3.8, 4) is 11.5 Å². The maximum absolute atomic E-state index is 13.1. The van der Waals surface area contributed by atoms with Gasteiger partial charge in [0.15, 0.2) is 0 Å². The minimum absolute atomic E-state index is 0. The highest BCUT2D eigenvalue weighted by atomic mass is 35.5. The van der Waals surface area contributed by atoms with Gasteiger partial charge in [-0.25, -0.2) is 4.39 Å². The first-order chi connectivity index (χ1) is 14.1. The van der Waals surface area contributed by atoms with E-state index in [0.29, 0.717) is 11.5 Å². The fraction of sp³-hybridized carbons (Fsp3) is 0.304. The van der Waals surface area contributed by atoms with Gasteiger partial charge in [0.25, 0.3) is 0 Å². The number of pyridine rings is 1. The molecule has 2 aromatic carbocycles. The molecule has 1 atom stereocenters. The highest BCUT2D eigenvalue weighted by Crippen LogP contribution is 2.58. The van der Waals surface area contributed by atoms with E-state index in [1.54, 1.807) is 24.5 Å². The van der Waals surface area contributed by atoms with Crippen molar-refractivity contribution in [2.75, 3.05) is 18.4 Å². The number of benzene rings is 2. The first-order valence-electron chi connectivity index (χ1n) is 9.96. The molecule has 3 aromatic rings. The topological polar surface area (TPSA) is 63.2 Å². The second kappa shape index (κ2) is 9.39. The van der Waals surface area contributed by atoms with Crippen molar-refractivity contribution >= 4 is 47.2 Å². The molecule has 1 aliphatic carbocycles. The number of piperidine rings is 1. The monoisotopic (exact) mass is 463 g/mol. The number of nitrogens with zero attached hydrogens (tertiary/aromatic N) is 1. The number of aromatic nitrogens is 1. The molecular weight excluding hydrogens is 440 g/mol. The molecule has 1 aliphatic heterocycles. The molecule has 8 heteroatoms. The minimum Gasteiger partial charge on any atom is -0.457 e. The molecule has 2 aliphatic rings. The summed E-state index contributed by atoms with van der Waals surface area (Å²) < 4.78 is 19.1. The Labute approximate surface area is 192 Å². The van der Waals surface area contributed by atoms with Crippen molar-refractivity contribution in [2.45, 2.75) is 19.3 Å². The van der Waals surface area contributed by atoms with Crippen LogP contribution in [0.5, 0.6) is 11.5 Å². The van der Waals surface area contributed by atoms with Gasteiger partial charge in [-0.2, -0.15) is 0 Å². The molecule has 5 nitrogen and oxygen atoms in total. The van der Waals surface area contributed by atoms with E-state index in [1.165, 1.54) is 12.1 Å². The first kappa shape index (κ1) is 23.3. The Bertz CT molecular complexity index is 1070. The van der Waals surface area contributed by atoms with Crippen LogP contribution in [0.4, 0.5) is 10.1 Å².